The van der Waals surface area contributed by atoms with E-state index in [0.29, 0.717) is 11.4 Å². The molecule has 172 valence electrons. The molecule has 0 aliphatic rings. The molecule has 0 radical (unpaired) electrons. The Kier molecular flexibility index (Phi) is 10.7. The van der Waals surface area contributed by atoms with Gasteiger partial charge in [-0.3, -0.25) is 19.2 Å². The number of rotatable bonds is 13. The summed E-state index contributed by atoms with van der Waals surface area (Å²) in [7, 11) is 1.52. The van der Waals surface area contributed by atoms with Crippen molar-refractivity contribution in [2.45, 2.75) is 44.4 Å². The molecule has 0 aromatic heterocycles. The lowest BCUT2D eigenvalue weighted by Gasteiger charge is -2.23. The van der Waals surface area contributed by atoms with Gasteiger partial charge in [0.2, 0.25) is 29.1 Å². The van der Waals surface area contributed by atoms with Crippen LogP contribution in [0.15, 0.2) is 24.3 Å². The molecule has 1 aromatic rings. The van der Waals surface area contributed by atoms with Crippen molar-refractivity contribution in [1.82, 2.24) is 10.6 Å². The van der Waals surface area contributed by atoms with Gasteiger partial charge in [0.1, 0.15) is 17.8 Å². The summed E-state index contributed by atoms with van der Waals surface area (Å²) in [5.74, 6) is -2.72. The summed E-state index contributed by atoms with van der Waals surface area (Å²) in [6, 6.07) is 4.40. The number of Topliss-reactive ketones (excluding diaryl/α,β-unsaturated/α-hetero) is 1. The molecule has 3 amide bonds. The maximum atomic E-state index is 13.2. The predicted molar refractivity (Wildman–Crippen MR) is 114 cm³/mol. The van der Waals surface area contributed by atoms with Crippen molar-refractivity contribution < 1.29 is 28.3 Å². The number of hydrogen-bond donors (Lipinski definition) is 4. The normalized spacial score (nSPS) is 13.6. The fraction of sp³-hybridized carbons (Fsp3) is 0.500. The first-order chi connectivity index (χ1) is 14.5. The van der Waals surface area contributed by atoms with Crippen molar-refractivity contribution in [2.24, 2.45) is 11.7 Å². The van der Waals surface area contributed by atoms with Crippen LogP contribution in [0, 0.1) is 5.92 Å². The van der Waals surface area contributed by atoms with Crippen molar-refractivity contribution >= 4 is 40.8 Å². The third-order valence-corrected chi connectivity index (χ3v) is 4.38. The molecular formula is C20H28ClFN4O5. The number of nitrogens with one attached hydrogen (secondary N) is 3. The summed E-state index contributed by atoms with van der Waals surface area (Å²) in [5, 5.41) is 7.75. The van der Waals surface area contributed by atoms with E-state index in [4.69, 9.17) is 22.1 Å². The average Bonchev–Trinajstić information content (AvgIpc) is 2.70. The molecule has 0 aliphatic carbocycles. The molecule has 31 heavy (non-hydrogen) atoms. The second-order valence-electron chi connectivity index (χ2n) is 7.27. The maximum Gasteiger partial charge on any atom is 0.243 e. The van der Waals surface area contributed by atoms with Crippen LogP contribution in [0.3, 0.4) is 0 Å². The van der Waals surface area contributed by atoms with E-state index in [2.05, 4.69) is 16.0 Å². The van der Waals surface area contributed by atoms with E-state index < -0.39 is 47.6 Å². The van der Waals surface area contributed by atoms with E-state index in [1.54, 1.807) is 24.3 Å². The number of ether oxygens (including phenoxy) is 1. The van der Waals surface area contributed by atoms with Gasteiger partial charge in [-0.05, 0) is 24.5 Å². The molecule has 3 atom stereocenters. The first-order valence-electron chi connectivity index (χ1n) is 9.61. The lowest BCUT2D eigenvalue weighted by Crippen LogP contribution is -2.54. The molecule has 11 heteroatoms. The van der Waals surface area contributed by atoms with Crippen LogP contribution in [0.4, 0.5) is 10.1 Å². The highest BCUT2D eigenvalue weighted by Crippen LogP contribution is 2.16. The minimum Gasteiger partial charge on any atom is -0.497 e. The zero-order valence-electron chi connectivity index (χ0n) is 17.6. The van der Waals surface area contributed by atoms with Crippen LogP contribution in [0.5, 0.6) is 5.75 Å². The number of benzene rings is 1. The molecule has 0 fully saturated rings. The Bertz CT molecular complexity index is 791. The van der Waals surface area contributed by atoms with Gasteiger partial charge in [-0.2, -0.15) is 0 Å². The van der Waals surface area contributed by atoms with Gasteiger partial charge in [0.25, 0.3) is 0 Å². The number of nitrogens with two attached hydrogens (primary N) is 1. The van der Waals surface area contributed by atoms with Crippen LogP contribution in [0.25, 0.3) is 0 Å². The first kappa shape index (κ1) is 26.2. The monoisotopic (exact) mass is 458 g/mol. The van der Waals surface area contributed by atoms with E-state index in [1.165, 1.54) is 7.11 Å². The van der Waals surface area contributed by atoms with Gasteiger partial charge in [0.15, 0.2) is 0 Å². The second kappa shape index (κ2) is 12.7. The predicted octanol–water partition coefficient (Wildman–Crippen LogP) is 1.10. The minimum atomic E-state index is -2.41. The highest BCUT2D eigenvalue weighted by molar-refractivity contribution is 6.30. The van der Waals surface area contributed by atoms with Gasteiger partial charge in [-0.1, -0.05) is 31.5 Å². The van der Waals surface area contributed by atoms with Gasteiger partial charge < -0.3 is 26.4 Å². The third-order valence-electron chi connectivity index (χ3n) is 4.16. The van der Waals surface area contributed by atoms with Crippen LogP contribution in [0.1, 0.15) is 26.7 Å². The first-order valence-corrected chi connectivity index (χ1v) is 10.0. The van der Waals surface area contributed by atoms with Gasteiger partial charge in [0, 0.05) is 11.8 Å². The summed E-state index contributed by atoms with van der Waals surface area (Å²) < 4.78 is 18.3. The topological polar surface area (TPSA) is 140 Å². The number of methoxy groups -OCH3 is 1. The van der Waals surface area contributed by atoms with Gasteiger partial charge in [-0.25, -0.2) is 4.39 Å². The minimum absolute atomic E-state index is 0.00892. The molecule has 0 heterocycles. The van der Waals surface area contributed by atoms with Crippen molar-refractivity contribution in [3.63, 3.8) is 0 Å². The number of carbonyl (C=O) groups is 4. The molecule has 0 saturated heterocycles. The molecule has 0 saturated carbocycles. The van der Waals surface area contributed by atoms with Crippen molar-refractivity contribution in [1.29, 1.82) is 0 Å². The largest absolute Gasteiger partial charge is 0.497 e. The zero-order valence-corrected chi connectivity index (χ0v) is 18.4. The molecule has 1 rings (SSSR count). The fourth-order valence-corrected chi connectivity index (χ4v) is 2.86. The molecule has 0 spiro atoms. The molecule has 2 unspecified atom stereocenters. The second-order valence-corrected chi connectivity index (χ2v) is 7.65. The van der Waals surface area contributed by atoms with Crippen LogP contribution in [0.2, 0.25) is 0 Å². The van der Waals surface area contributed by atoms with Crippen LogP contribution >= 0.6 is 11.6 Å². The highest BCUT2D eigenvalue weighted by atomic mass is 35.5. The van der Waals surface area contributed by atoms with E-state index in [9.17, 15) is 23.6 Å². The van der Waals surface area contributed by atoms with Gasteiger partial charge in [0.05, 0.1) is 20.1 Å². The molecule has 1 aromatic carbocycles. The van der Waals surface area contributed by atoms with Crippen molar-refractivity contribution in [3.8, 4) is 5.75 Å². The van der Waals surface area contributed by atoms with Crippen LogP contribution in [-0.2, 0) is 19.2 Å². The van der Waals surface area contributed by atoms with E-state index in [1.807, 2.05) is 13.8 Å². The number of anilines is 1. The lowest BCUT2D eigenvalue weighted by atomic mass is 10.0. The number of alkyl halides is 2. The van der Waals surface area contributed by atoms with Gasteiger partial charge >= 0.3 is 0 Å². The van der Waals surface area contributed by atoms with Crippen molar-refractivity contribution in [2.75, 3.05) is 19.0 Å². The summed E-state index contributed by atoms with van der Waals surface area (Å²) >= 11 is 5.15. The summed E-state index contributed by atoms with van der Waals surface area (Å²) in [6.07, 6.45) is -0.369. The third kappa shape index (κ3) is 9.65. The molecular weight excluding hydrogens is 431 g/mol. The fourth-order valence-electron chi connectivity index (χ4n) is 2.71. The molecule has 0 bridgehead atoms. The number of amides is 3. The Hall–Kier alpha value is -2.88. The Balaban J connectivity index is 2.80. The molecule has 5 N–H and O–H groups in total. The van der Waals surface area contributed by atoms with E-state index >= 15 is 0 Å². The Morgan fingerprint density at radius 3 is 2.39 bits per heavy atom. The Labute approximate surface area is 185 Å². The Morgan fingerprint density at radius 1 is 1.16 bits per heavy atom. The number of ketones is 1. The van der Waals surface area contributed by atoms with Crippen LogP contribution < -0.4 is 26.4 Å². The summed E-state index contributed by atoms with van der Waals surface area (Å²) in [5.41, 5.74) is 3.30. The number of halogens is 2. The van der Waals surface area contributed by atoms with E-state index in [-0.39, 0.29) is 18.9 Å². The molecule has 9 nitrogen and oxygen atoms in total. The van der Waals surface area contributed by atoms with E-state index in [0.717, 1.165) is 0 Å². The maximum absolute atomic E-state index is 13.2. The molecule has 0 aliphatic heterocycles. The summed E-state index contributed by atoms with van der Waals surface area (Å²) in [6.45, 7) is 3.54. The number of hydrogen-bond acceptors (Lipinski definition) is 6. The van der Waals surface area contributed by atoms with Crippen LogP contribution in [-0.4, -0.2) is 54.9 Å². The summed E-state index contributed by atoms with van der Waals surface area (Å²) in [4.78, 5) is 48.1. The quantitative estimate of drug-likeness (QED) is 0.326. The highest BCUT2D eigenvalue weighted by Gasteiger charge is 2.31. The lowest BCUT2D eigenvalue weighted by molar-refractivity contribution is -0.133. The average molecular weight is 459 g/mol. The van der Waals surface area contributed by atoms with Crippen molar-refractivity contribution in [3.05, 3.63) is 24.3 Å². The van der Waals surface area contributed by atoms with Gasteiger partial charge in [-0.15, -0.1) is 0 Å². The Morgan fingerprint density at radius 2 is 1.84 bits per heavy atom. The zero-order chi connectivity index (χ0) is 23.6. The smallest absolute Gasteiger partial charge is 0.243 e. The number of carbonyl (C=O) groups excluding carboxylic acids is 4. The SMILES string of the molecule is COc1cccc(NCC(=O)N[C@@H](CC(C)C)C(=O)NC(CC(N)=O)C(=O)C(F)Cl)c1. The standard InChI is InChI=1S/C20H28ClFN4O5/c1-11(2)7-15(20(30)26-14(9-16(23)27)18(29)19(21)22)25-17(28)10-24-12-5-4-6-13(8-12)31-3/h4-6,8,11,14-15,19,24H,7,9-10H2,1-3H3,(H2,23,27)(H,25,28)(H,26,30)/t14?,15-,19?/m0/s1. The number of primary amides is 1.